The summed E-state index contributed by atoms with van der Waals surface area (Å²) >= 11 is 0. The average Bonchev–Trinajstić information content (AvgIpc) is 2.50. The second-order valence-corrected chi connectivity index (χ2v) is 2.95. The van der Waals surface area contributed by atoms with Crippen molar-refractivity contribution in [2.45, 2.75) is 6.42 Å². The summed E-state index contributed by atoms with van der Waals surface area (Å²) in [6.45, 7) is 1.90. The monoisotopic (exact) mass is 164 g/mol. The summed E-state index contributed by atoms with van der Waals surface area (Å²) in [5, 5.41) is 8.78. The van der Waals surface area contributed by atoms with E-state index in [9.17, 15) is 0 Å². The Kier molecular flexibility index (Phi) is 1.96. The van der Waals surface area contributed by atoms with Crippen molar-refractivity contribution >= 4 is 5.82 Å². The van der Waals surface area contributed by atoms with Gasteiger partial charge >= 0.3 is 0 Å². The number of aliphatic hydroxyl groups excluding tert-OH is 1. The van der Waals surface area contributed by atoms with E-state index in [0.29, 0.717) is 6.54 Å². The van der Waals surface area contributed by atoms with Gasteiger partial charge in [0.1, 0.15) is 5.82 Å². The fourth-order valence-corrected chi connectivity index (χ4v) is 1.61. The molecule has 3 nitrogen and oxygen atoms in total. The topological polar surface area (TPSA) is 36.4 Å². The molecule has 2 rings (SSSR count). The molecule has 0 aromatic carbocycles. The van der Waals surface area contributed by atoms with Crippen molar-refractivity contribution in [3.63, 3.8) is 0 Å². The molecule has 0 fully saturated rings. The van der Waals surface area contributed by atoms with E-state index in [1.54, 1.807) is 6.20 Å². The Bertz CT molecular complexity index is 273. The number of pyridine rings is 1. The Morgan fingerprint density at radius 3 is 3.33 bits per heavy atom. The van der Waals surface area contributed by atoms with Gasteiger partial charge < -0.3 is 10.0 Å². The van der Waals surface area contributed by atoms with E-state index in [4.69, 9.17) is 5.11 Å². The summed E-state index contributed by atoms with van der Waals surface area (Å²) in [6.07, 6.45) is 2.86. The number of aliphatic hydroxyl groups is 1. The number of hydrogen-bond donors (Lipinski definition) is 1. The Morgan fingerprint density at radius 2 is 2.50 bits per heavy atom. The van der Waals surface area contributed by atoms with Crippen molar-refractivity contribution in [2.75, 3.05) is 24.6 Å². The van der Waals surface area contributed by atoms with Crippen molar-refractivity contribution in [1.82, 2.24) is 4.98 Å². The smallest absolute Gasteiger partial charge is 0.131 e. The van der Waals surface area contributed by atoms with Crippen LogP contribution in [0.25, 0.3) is 0 Å². The van der Waals surface area contributed by atoms with Gasteiger partial charge in [-0.05, 0) is 18.1 Å². The zero-order valence-corrected chi connectivity index (χ0v) is 6.90. The van der Waals surface area contributed by atoms with Crippen LogP contribution in [-0.4, -0.2) is 29.8 Å². The van der Waals surface area contributed by atoms with E-state index in [2.05, 4.69) is 16.0 Å². The highest BCUT2D eigenvalue weighted by atomic mass is 16.3. The van der Waals surface area contributed by atoms with Crippen LogP contribution in [0.15, 0.2) is 18.3 Å². The molecule has 0 aliphatic carbocycles. The number of hydrogen-bond acceptors (Lipinski definition) is 3. The number of fused-ring (bicyclic) bond motifs is 1. The summed E-state index contributed by atoms with van der Waals surface area (Å²) in [6, 6.07) is 4.06. The fraction of sp³-hybridized carbons (Fsp3) is 0.444. The van der Waals surface area contributed by atoms with Crippen molar-refractivity contribution in [1.29, 1.82) is 0 Å². The summed E-state index contributed by atoms with van der Waals surface area (Å²) in [4.78, 5) is 6.39. The van der Waals surface area contributed by atoms with Gasteiger partial charge in [-0.2, -0.15) is 0 Å². The van der Waals surface area contributed by atoms with Crippen LogP contribution in [0.2, 0.25) is 0 Å². The molecular weight excluding hydrogens is 152 g/mol. The van der Waals surface area contributed by atoms with Gasteiger partial charge in [-0.15, -0.1) is 0 Å². The molecule has 0 radical (unpaired) electrons. The molecule has 0 unspecified atom stereocenters. The Balaban J connectivity index is 2.24. The van der Waals surface area contributed by atoms with E-state index in [0.717, 1.165) is 18.8 Å². The van der Waals surface area contributed by atoms with Crippen molar-refractivity contribution in [2.24, 2.45) is 0 Å². The molecule has 0 amide bonds. The van der Waals surface area contributed by atoms with Gasteiger partial charge in [-0.25, -0.2) is 4.98 Å². The molecule has 0 saturated heterocycles. The first-order valence-corrected chi connectivity index (χ1v) is 4.21. The highest BCUT2D eigenvalue weighted by molar-refractivity contribution is 5.51. The summed E-state index contributed by atoms with van der Waals surface area (Å²) in [7, 11) is 0. The van der Waals surface area contributed by atoms with Crippen LogP contribution >= 0.6 is 0 Å². The standard InChI is InChI=1S/C9H12N2O/c12-7-6-11-5-3-8-2-1-4-10-9(8)11/h1-2,4,12H,3,5-7H2. The maximum atomic E-state index is 8.78. The molecule has 1 aliphatic rings. The van der Waals surface area contributed by atoms with Gasteiger partial charge in [-0.3, -0.25) is 0 Å². The van der Waals surface area contributed by atoms with Crippen LogP contribution in [0.4, 0.5) is 5.82 Å². The Hall–Kier alpha value is -1.09. The maximum Gasteiger partial charge on any atom is 0.131 e. The van der Waals surface area contributed by atoms with Crippen molar-refractivity contribution < 1.29 is 5.11 Å². The number of rotatable bonds is 2. The van der Waals surface area contributed by atoms with E-state index in [1.165, 1.54) is 5.56 Å². The second kappa shape index (κ2) is 3.11. The van der Waals surface area contributed by atoms with Crippen LogP contribution in [0, 0.1) is 0 Å². The summed E-state index contributed by atoms with van der Waals surface area (Å²) in [5.74, 6) is 1.05. The predicted molar refractivity (Wildman–Crippen MR) is 47.2 cm³/mol. The summed E-state index contributed by atoms with van der Waals surface area (Å²) in [5.41, 5.74) is 1.30. The first-order chi connectivity index (χ1) is 5.92. The fourth-order valence-electron chi connectivity index (χ4n) is 1.61. The van der Waals surface area contributed by atoms with Crippen LogP contribution in [0.3, 0.4) is 0 Å². The lowest BCUT2D eigenvalue weighted by Crippen LogP contribution is -2.24. The molecule has 0 spiro atoms. The molecule has 1 aromatic rings. The average molecular weight is 164 g/mol. The molecule has 12 heavy (non-hydrogen) atoms. The van der Waals surface area contributed by atoms with Gasteiger partial charge in [0.05, 0.1) is 6.61 Å². The zero-order valence-electron chi connectivity index (χ0n) is 6.90. The highest BCUT2D eigenvalue weighted by Crippen LogP contribution is 2.23. The van der Waals surface area contributed by atoms with Crippen LogP contribution in [0.1, 0.15) is 5.56 Å². The quantitative estimate of drug-likeness (QED) is 0.689. The normalized spacial score (nSPS) is 14.9. The number of anilines is 1. The highest BCUT2D eigenvalue weighted by Gasteiger charge is 2.18. The molecular formula is C9H12N2O. The van der Waals surface area contributed by atoms with Gasteiger partial charge in [0, 0.05) is 19.3 Å². The molecule has 0 saturated carbocycles. The van der Waals surface area contributed by atoms with Crippen molar-refractivity contribution in [3.8, 4) is 0 Å². The van der Waals surface area contributed by atoms with Crippen LogP contribution < -0.4 is 4.90 Å². The number of aromatic nitrogens is 1. The lowest BCUT2D eigenvalue weighted by atomic mass is 10.2. The molecule has 1 aromatic heterocycles. The lowest BCUT2D eigenvalue weighted by Gasteiger charge is -2.15. The minimum atomic E-state index is 0.204. The third-order valence-corrected chi connectivity index (χ3v) is 2.19. The first kappa shape index (κ1) is 7.55. The number of nitrogens with zero attached hydrogens (tertiary/aromatic N) is 2. The minimum absolute atomic E-state index is 0.204. The first-order valence-electron chi connectivity index (χ1n) is 4.21. The molecule has 64 valence electrons. The third kappa shape index (κ3) is 1.16. The molecule has 3 heteroatoms. The molecule has 1 N–H and O–H groups in total. The Morgan fingerprint density at radius 1 is 1.58 bits per heavy atom. The van der Waals surface area contributed by atoms with E-state index in [1.807, 2.05) is 6.07 Å². The number of β-amino-alcohol motifs (C(OH)–C–C–N with tert-alkyl or cyclic N) is 1. The third-order valence-electron chi connectivity index (χ3n) is 2.19. The predicted octanol–water partition coefficient (Wildman–Crippen LogP) is 0.436. The van der Waals surface area contributed by atoms with Crippen LogP contribution in [0.5, 0.6) is 0 Å². The second-order valence-electron chi connectivity index (χ2n) is 2.95. The molecule has 0 atom stereocenters. The molecule has 1 aliphatic heterocycles. The largest absolute Gasteiger partial charge is 0.395 e. The van der Waals surface area contributed by atoms with E-state index < -0.39 is 0 Å². The van der Waals surface area contributed by atoms with Gasteiger partial charge in [0.25, 0.3) is 0 Å². The molecule has 0 bridgehead atoms. The molecule has 2 heterocycles. The minimum Gasteiger partial charge on any atom is -0.395 e. The van der Waals surface area contributed by atoms with E-state index in [-0.39, 0.29) is 6.61 Å². The SMILES string of the molecule is OCCN1CCc2cccnc21. The Labute approximate surface area is 71.7 Å². The lowest BCUT2D eigenvalue weighted by molar-refractivity contribution is 0.302. The van der Waals surface area contributed by atoms with Gasteiger partial charge in [0.2, 0.25) is 0 Å². The maximum absolute atomic E-state index is 8.78. The van der Waals surface area contributed by atoms with Gasteiger partial charge in [-0.1, -0.05) is 6.07 Å². The summed E-state index contributed by atoms with van der Waals surface area (Å²) < 4.78 is 0. The van der Waals surface area contributed by atoms with Crippen LogP contribution in [-0.2, 0) is 6.42 Å². The van der Waals surface area contributed by atoms with Gasteiger partial charge in [0.15, 0.2) is 0 Å². The zero-order chi connectivity index (χ0) is 8.39. The van der Waals surface area contributed by atoms with E-state index >= 15 is 0 Å². The van der Waals surface area contributed by atoms with Crippen molar-refractivity contribution in [3.05, 3.63) is 23.9 Å².